The summed E-state index contributed by atoms with van der Waals surface area (Å²) < 4.78 is 15.7. The number of aromatic nitrogens is 2. The van der Waals surface area contributed by atoms with Gasteiger partial charge >= 0.3 is 0 Å². The molecule has 1 spiro atoms. The van der Waals surface area contributed by atoms with Crippen LogP contribution < -0.4 is 0 Å². The normalized spacial score (nSPS) is 20.2. The molecule has 1 aliphatic carbocycles. The van der Waals surface area contributed by atoms with Gasteiger partial charge in [-0.1, -0.05) is 12.1 Å². The van der Waals surface area contributed by atoms with Gasteiger partial charge in [-0.3, -0.25) is 9.58 Å². The molecule has 4 heteroatoms. The van der Waals surface area contributed by atoms with E-state index in [1.165, 1.54) is 24.6 Å². The molecule has 1 saturated carbocycles. The number of nitrogens with zero attached hydrogens (tertiary/aromatic N) is 3. The lowest BCUT2D eigenvalue weighted by molar-refractivity contribution is 0.0687. The summed E-state index contributed by atoms with van der Waals surface area (Å²) in [5.74, 6) is -0.207. The third-order valence-electron chi connectivity index (χ3n) is 4.97. The minimum absolute atomic E-state index is 0.157. The summed E-state index contributed by atoms with van der Waals surface area (Å²) >= 11 is 0. The Morgan fingerprint density at radius 2 is 1.95 bits per heavy atom. The van der Waals surface area contributed by atoms with E-state index >= 15 is 0 Å². The molecule has 4 rings (SSSR count). The average molecular weight is 299 g/mol. The third kappa shape index (κ3) is 2.17. The van der Waals surface area contributed by atoms with E-state index in [1.54, 1.807) is 12.1 Å². The summed E-state index contributed by atoms with van der Waals surface area (Å²) in [6, 6.07) is 8.85. The fourth-order valence-electron chi connectivity index (χ4n) is 3.39. The molecule has 116 valence electrons. The topological polar surface area (TPSA) is 21.1 Å². The van der Waals surface area contributed by atoms with E-state index in [9.17, 15) is 4.39 Å². The van der Waals surface area contributed by atoms with Crippen molar-refractivity contribution in [1.82, 2.24) is 14.7 Å². The highest BCUT2D eigenvalue weighted by Crippen LogP contribution is 2.48. The molecular weight excluding hydrogens is 277 g/mol. The summed E-state index contributed by atoms with van der Waals surface area (Å²) in [5, 5.41) is 4.82. The highest BCUT2D eigenvalue weighted by molar-refractivity contribution is 5.59. The summed E-state index contributed by atoms with van der Waals surface area (Å²) in [5.41, 5.74) is 3.32. The predicted octanol–water partition coefficient (Wildman–Crippen LogP) is 3.79. The Morgan fingerprint density at radius 3 is 2.59 bits per heavy atom. The van der Waals surface area contributed by atoms with Gasteiger partial charge in [-0.25, -0.2) is 4.39 Å². The molecular formula is C18H22FN3. The highest BCUT2D eigenvalue weighted by Gasteiger charge is 2.51. The standard InChI is InChI=1S/C18H22FN3/c1-17(2,3)21-11-15-10-16(13-5-4-6-14(19)9-13)20-22(15)18(12-21)7-8-18/h4-6,9-10H,7-8,11-12H2,1-3H3. The first-order chi connectivity index (χ1) is 10.4. The fourth-order valence-corrected chi connectivity index (χ4v) is 3.39. The molecule has 2 aliphatic rings. The molecule has 1 aliphatic heterocycles. The van der Waals surface area contributed by atoms with E-state index in [4.69, 9.17) is 5.10 Å². The van der Waals surface area contributed by atoms with Crippen molar-refractivity contribution in [3.63, 3.8) is 0 Å². The molecule has 0 saturated heterocycles. The molecule has 0 radical (unpaired) electrons. The van der Waals surface area contributed by atoms with Gasteiger partial charge in [-0.15, -0.1) is 0 Å². The van der Waals surface area contributed by atoms with Crippen LogP contribution in [0.4, 0.5) is 4.39 Å². The van der Waals surface area contributed by atoms with Gasteiger partial charge in [0.2, 0.25) is 0 Å². The summed E-state index contributed by atoms with van der Waals surface area (Å²) in [4.78, 5) is 2.53. The second-order valence-corrected chi connectivity index (χ2v) is 7.69. The Balaban J connectivity index is 1.75. The molecule has 2 aromatic rings. The molecule has 1 fully saturated rings. The first-order valence-corrected chi connectivity index (χ1v) is 7.98. The molecule has 2 heterocycles. The first-order valence-electron chi connectivity index (χ1n) is 7.98. The van der Waals surface area contributed by atoms with Gasteiger partial charge in [0.05, 0.1) is 16.9 Å². The number of hydrogen-bond acceptors (Lipinski definition) is 2. The number of fused-ring (bicyclic) bond motifs is 2. The van der Waals surface area contributed by atoms with Crippen molar-refractivity contribution in [3.8, 4) is 11.3 Å². The van der Waals surface area contributed by atoms with Crippen LogP contribution >= 0.6 is 0 Å². The van der Waals surface area contributed by atoms with E-state index in [0.717, 1.165) is 24.3 Å². The molecule has 3 nitrogen and oxygen atoms in total. The van der Waals surface area contributed by atoms with Gasteiger partial charge in [0.1, 0.15) is 5.82 Å². The van der Waals surface area contributed by atoms with E-state index in [1.807, 2.05) is 6.07 Å². The lowest BCUT2D eigenvalue weighted by Crippen LogP contribution is -2.50. The van der Waals surface area contributed by atoms with Crippen molar-refractivity contribution < 1.29 is 4.39 Å². The van der Waals surface area contributed by atoms with Gasteiger partial charge < -0.3 is 0 Å². The molecule has 0 N–H and O–H groups in total. The third-order valence-corrected chi connectivity index (χ3v) is 4.97. The van der Waals surface area contributed by atoms with Gasteiger partial charge in [0, 0.05) is 24.2 Å². The predicted molar refractivity (Wildman–Crippen MR) is 85.0 cm³/mol. The Bertz CT molecular complexity index is 722. The van der Waals surface area contributed by atoms with E-state index in [-0.39, 0.29) is 16.9 Å². The molecule has 0 atom stereocenters. The van der Waals surface area contributed by atoms with Crippen LogP contribution in [0.3, 0.4) is 0 Å². The monoisotopic (exact) mass is 299 g/mol. The maximum Gasteiger partial charge on any atom is 0.123 e. The highest BCUT2D eigenvalue weighted by atomic mass is 19.1. The SMILES string of the molecule is CC(C)(C)N1Cc2cc(-c3cccc(F)c3)nn2C2(CC2)C1. The molecule has 1 aromatic heterocycles. The smallest absolute Gasteiger partial charge is 0.123 e. The maximum absolute atomic E-state index is 13.5. The first kappa shape index (κ1) is 13.9. The zero-order valence-electron chi connectivity index (χ0n) is 13.4. The second-order valence-electron chi connectivity index (χ2n) is 7.69. The number of benzene rings is 1. The Labute approximate surface area is 130 Å². The fraction of sp³-hybridized carbons (Fsp3) is 0.500. The van der Waals surface area contributed by atoms with Gasteiger partial charge in [-0.2, -0.15) is 5.10 Å². The van der Waals surface area contributed by atoms with Crippen LogP contribution in [0.15, 0.2) is 30.3 Å². The number of rotatable bonds is 1. The van der Waals surface area contributed by atoms with Gasteiger partial charge in [0.15, 0.2) is 0 Å². The summed E-state index contributed by atoms with van der Waals surface area (Å²) in [6.07, 6.45) is 2.38. The molecule has 1 aromatic carbocycles. The number of halogens is 1. The van der Waals surface area contributed by atoms with Crippen molar-refractivity contribution in [2.75, 3.05) is 6.54 Å². The van der Waals surface area contributed by atoms with Crippen molar-refractivity contribution >= 4 is 0 Å². The van der Waals surface area contributed by atoms with E-state index in [0.29, 0.717) is 0 Å². The van der Waals surface area contributed by atoms with Crippen LogP contribution in [0.5, 0.6) is 0 Å². The minimum atomic E-state index is -0.207. The Morgan fingerprint density at radius 1 is 1.18 bits per heavy atom. The summed E-state index contributed by atoms with van der Waals surface area (Å²) in [6.45, 7) is 8.77. The van der Waals surface area contributed by atoms with Gasteiger partial charge in [-0.05, 0) is 51.8 Å². The van der Waals surface area contributed by atoms with Crippen LogP contribution in [0.1, 0.15) is 39.3 Å². The lowest BCUT2D eigenvalue weighted by Gasteiger charge is -2.42. The van der Waals surface area contributed by atoms with Crippen LogP contribution in [-0.2, 0) is 12.1 Å². The van der Waals surface area contributed by atoms with Crippen molar-refractivity contribution in [3.05, 3.63) is 41.8 Å². The average Bonchev–Trinajstić information content (AvgIpc) is 3.06. The molecule has 0 bridgehead atoms. The van der Waals surface area contributed by atoms with Crippen molar-refractivity contribution in [2.45, 2.75) is 51.2 Å². The molecule has 0 unspecified atom stereocenters. The Kier molecular flexibility index (Phi) is 2.80. The van der Waals surface area contributed by atoms with Crippen LogP contribution in [0, 0.1) is 5.82 Å². The van der Waals surface area contributed by atoms with Crippen molar-refractivity contribution in [1.29, 1.82) is 0 Å². The zero-order chi connectivity index (χ0) is 15.5. The summed E-state index contributed by atoms with van der Waals surface area (Å²) in [7, 11) is 0. The van der Waals surface area contributed by atoms with E-state index < -0.39 is 0 Å². The maximum atomic E-state index is 13.5. The Hall–Kier alpha value is -1.68. The van der Waals surface area contributed by atoms with Crippen LogP contribution in [0.25, 0.3) is 11.3 Å². The van der Waals surface area contributed by atoms with Crippen LogP contribution in [0.2, 0.25) is 0 Å². The minimum Gasteiger partial charge on any atom is -0.290 e. The largest absolute Gasteiger partial charge is 0.290 e. The van der Waals surface area contributed by atoms with Crippen molar-refractivity contribution in [2.24, 2.45) is 0 Å². The van der Waals surface area contributed by atoms with E-state index in [2.05, 4.69) is 36.4 Å². The van der Waals surface area contributed by atoms with Crippen LogP contribution in [-0.4, -0.2) is 26.8 Å². The number of hydrogen-bond donors (Lipinski definition) is 0. The second kappa shape index (κ2) is 4.42. The molecule has 0 amide bonds. The zero-order valence-corrected chi connectivity index (χ0v) is 13.4. The molecule has 22 heavy (non-hydrogen) atoms. The lowest BCUT2D eigenvalue weighted by atomic mass is 10.0. The quantitative estimate of drug-likeness (QED) is 0.799. The van der Waals surface area contributed by atoms with Gasteiger partial charge in [0.25, 0.3) is 0 Å².